The summed E-state index contributed by atoms with van der Waals surface area (Å²) in [6, 6.07) is 11.8. The van der Waals surface area contributed by atoms with Gasteiger partial charge in [0.1, 0.15) is 6.07 Å². The van der Waals surface area contributed by atoms with Gasteiger partial charge in [0.25, 0.3) is 0 Å². The number of rotatable bonds is 3. The van der Waals surface area contributed by atoms with E-state index in [-0.39, 0.29) is 6.04 Å². The molecule has 4 heteroatoms. The Balaban J connectivity index is 2.15. The van der Waals surface area contributed by atoms with Crippen molar-refractivity contribution in [3.63, 3.8) is 0 Å². The molecule has 2 aromatic rings. The molecule has 0 spiro atoms. The van der Waals surface area contributed by atoms with Crippen LogP contribution in [0.5, 0.6) is 0 Å². The maximum Gasteiger partial charge on any atom is 0.101 e. The summed E-state index contributed by atoms with van der Waals surface area (Å²) in [5.41, 5.74) is 1.43. The van der Waals surface area contributed by atoms with Gasteiger partial charge in [-0.1, -0.05) is 17.7 Å². The van der Waals surface area contributed by atoms with Gasteiger partial charge in [-0.05, 0) is 36.6 Å². The Kier molecular flexibility index (Phi) is 3.68. The zero-order chi connectivity index (χ0) is 12.3. The van der Waals surface area contributed by atoms with Crippen molar-refractivity contribution in [2.24, 2.45) is 0 Å². The highest BCUT2D eigenvalue weighted by molar-refractivity contribution is 7.10. The highest BCUT2D eigenvalue weighted by Gasteiger charge is 2.07. The fourth-order valence-corrected chi connectivity index (χ4v) is 2.51. The molecule has 0 radical (unpaired) electrons. The molecule has 1 unspecified atom stereocenters. The fraction of sp³-hybridized carbons (Fsp3) is 0.154. The third-order valence-electron chi connectivity index (χ3n) is 2.44. The van der Waals surface area contributed by atoms with E-state index in [0.29, 0.717) is 10.6 Å². The van der Waals surface area contributed by atoms with E-state index in [4.69, 9.17) is 16.9 Å². The Morgan fingerprint density at radius 2 is 2.24 bits per heavy atom. The number of halogens is 1. The monoisotopic (exact) mass is 262 g/mol. The smallest absolute Gasteiger partial charge is 0.101 e. The first kappa shape index (κ1) is 12.0. The minimum atomic E-state index is 0.235. The average Bonchev–Trinajstić information content (AvgIpc) is 2.82. The van der Waals surface area contributed by atoms with Crippen molar-refractivity contribution in [1.82, 2.24) is 0 Å². The Hall–Kier alpha value is -1.50. The zero-order valence-corrected chi connectivity index (χ0v) is 10.8. The minimum Gasteiger partial charge on any atom is -0.378 e. The first-order valence-electron chi connectivity index (χ1n) is 5.20. The van der Waals surface area contributed by atoms with E-state index in [0.717, 1.165) is 5.69 Å². The zero-order valence-electron chi connectivity index (χ0n) is 9.27. The Labute approximate surface area is 109 Å². The normalized spacial score (nSPS) is 11.8. The second-order valence-corrected chi connectivity index (χ2v) is 5.07. The van der Waals surface area contributed by atoms with Gasteiger partial charge in [-0.25, -0.2) is 0 Å². The molecule has 17 heavy (non-hydrogen) atoms. The van der Waals surface area contributed by atoms with Gasteiger partial charge in [0.15, 0.2) is 0 Å². The van der Waals surface area contributed by atoms with Gasteiger partial charge in [-0.2, -0.15) is 5.26 Å². The number of nitrogens with zero attached hydrogens (tertiary/aromatic N) is 1. The first-order chi connectivity index (χ1) is 8.20. The molecule has 0 aliphatic carbocycles. The number of nitriles is 1. The van der Waals surface area contributed by atoms with Crippen LogP contribution in [0, 0.1) is 11.3 Å². The molecule has 1 aromatic heterocycles. The van der Waals surface area contributed by atoms with Crippen LogP contribution in [0.15, 0.2) is 35.7 Å². The summed E-state index contributed by atoms with van der Waals surface area (Å²) in [5.74, 6) is 0. The van der Waals surface area contributed by atoms with Crippen molar-refractivity contribution in [3.8, 4) is 6.07 Å². The van der Waals surface area contributed by atoms with Gasteiger partial charge in [0.2, 0.25) is 0 Å². The number of hydrogen-bond donors (Lipinski definition) is 1. The lowest BCUT2D eigenvalue weighted by Crippen LogP contribution is -2.04. The lowest BCUT2D eigenvalue weighted by molar-refractivity contribution is 0.908. The van der Waals surface area contributed by atoms with Crippen molar-refractivity contribution in [2.75, 3.05) is 5.32 Å². The molecule has 1 heterocycles. The van der Waals surface area contributed by atoms with Crippen molar-refractivity contribution in [2.45, 2.75) is 13.0 Å². The quantitative estimate of drug-likeness (QED) is 0.887. The maximum absolute atomic E-state index is 8.79. The summed E-state index contributed by atoms with van der Waals surface area (Å²) >= 11 is 7.69. The SMILES string of the molecule is CC(Nc1ccc(C#N)c(Cl)c1)c1cccs1. The van der Waals surface area contributed by atoms with Gasteiger partial charge in [0.05, 0.1) is 16.6 Å². The van der Waals surface area contributed by atoms with Gasteiger partial charge in [0, 0.05) is 10.6 Å². The lowest BCUT2D eigenvalue weighted by Gasteiger charge is -2.14. The summed E-state index contributed by atoms with van der Waals surface area (Å²) in [6.45, 7) is 2.10. The van der Waals surface area contributed by atoms with Crippen LogP contribution in [0.25, 0.3) is 0 Å². The number of hydrogen-bond acceptors (Lipinski definition) is 3. The molecule has 2 nitrogen and oxygen atoms in total. The molecule has 0 saturated carbocycles. The maximum atomic E-state index is 8.79. The molecule has 1 atom stereocenters. The third kappa shape index (κ3) is 2.79. The summed E-state index contributed by atoms with van der Waals surface area (Å²) in [5, 5.41) is 14.7. The van der Waals surface area contributed by atoms with Crippen LogP contribution in [-0.2, 0) is 0 Å². The molecule has 0 bridgehead atoms. The number of nitrogens with one attached hydrogen (secondary N) is 1. The molecule has 1 aromatic carbocycles. The molecule has 0 fully saturated rings. The van der Waals surface area contributed by atoms with Crippen molar-refractivity contribution in [3.05, 3.63) is 51.2 Å². The van der Waals surface area contributed by atoms with Crippen molar-refractivity contribution in [1.29, 1.82) is 5.26 Å². The first-order valence-corrected chi connectivity index (χ1v) is 6.46. The standard InChI is InChI=1S/C13H11ClN2S/c1-9(13-3-2-6-17-13)16-11-5-4-10(8-15)12(14)7-11/h2-7,9,16H,1H3. The molecule has 1 N–H and O–H groups in total. The second-order valence-electron chi connectivity index (χ2n) is 3.69. The van der Waals surface area contributed by atoms with Crippen LogP contribution in [-0.4, -0.2) is 0 Å². The third-order valence-corrected chi connectivity index (χ3v) is 3.81. The Morgan fingerprint density at radius 1 is 1.41 bits per heavy atom. The predicted octanol–water partition coefficient (Wildman–Crippen LogP) is 4.45. The van der Waals surface area contributed by atoms with Crippen LogP contribution in [0.1, 0.15) is 23.4 Å². The fourth-order valence-electron chi connectivity index (χ4n) is 1.55. The van der Waals surface area contributed by atoms with Crippen LogP contribution in [0.3, 0.4) is 0 Å². The molecule has 0 aliphatic rings. The predicted molar refractivity (Wildman–Crippen MR) is 72.5 cm³/mol. The molecular formula is C13H11ClN2S. The average molecular weight is 263 g/mol. The van der Waals surface area contributed by atoms with E-state index in [1.807, 2.05) is 18.2 Å². The number of anilines is 1. The van der Waals surface area contributed by atoms with Crippen LogP contribution in [0.2, 0.25) is 5.02 Å². The molecule has 0 amide bonds. The summed E-state index contributed by atoms with van der Waals surface area (Å²) in [6.07, 6.45) is 0. The van der Waals surface area contributed by atoms with Gasteiger partial charge < -0.3 is 5.32 Å². The Bertz CT molecular complexity index is 543. The van der Waals surface area contributed by atoms with E-state index >= 15 is 0 Å². The summed E-state index contributed by atoms with van der Waals surface area (Å²) < 4.78 is 0. The van der Waals surface area contributed by atoms with Crippen LogP contribution >= 0.6 is 22.9 Å². The van der Waals surface area contributed by atoms with Crippen molar-refractivity contribution < 1.29 is 0 Å². The summed E-state index contributed by atoms with van der Waals surface area (Å²) in [7, 11) is 0. The molecular weight excluding hydrogens is 252 g/mol. The second kappa shape index (κ2) is 5.22. The van der Waals surface area contributed by atoms with Gasteiger partial charge in [-0.15, -0.1) is 11.3 Å². The number of benzene rings is 1. The van der Waals surface area contributed by atoms with Gasteiger partial charge >= 0.3 is 0 Å². The summed E-state index contributed by atoms with van der Waals surface area (Å²) in [4.78, 5) is 1.27. The van der Waals surface area contributed by atoms with Crippen LogP contribution < -0.4 is 5.32 Å². The van der Waals surface area contributed by atoms with Gasteiger partial charge in [-0.3, -0.25) is 0 Å². The van der Waals surface area contributed by atoms with E-state index in [2.05, 4.69) is 23.7 Å². The number of thiophene rings is 1. The molecule has 0 aliphatic heterocycles. The molecule has 0 saturated heterocycles. The largest absolute Gasteiger partial charge is 0.378 e. The highest BCUT2D eigenvalue weighted by Crippen LogP contribution is 2.26. The Morgan fingerprint density at radius 3 is 2.82 bits per heavy atom. The topological polar surface area (TPSA) is 35.8 Å². The van der Waals surface area contributed by atoms with Crippen LogP contribution in [0.4, 0.5) is 5.69 Å². The van der Waals surface area contributed by atoms with Crippen molar-refractivity contribution >= 4 is 28.6 Å². The highest BCUT2D eigenvalue weighted by atomic mass is 35.5. The molecule has 86 valence electrons. The molecule has 2 rings (SSSR count). The van der Waals surface area contributed by atoms with E-state index in [9.17, 15) is 0 Å². The van der Waals surface area contributed by atoms with E-state index in [1.165, 1.54) is 4.88 Å². The lowest BCUT2D eigenvalue weighted by atomic mass is 10.2. The van der Waals surface area contributed by atoms with E-state index in [1.54, 1.807) is 23.5 Å². The van der Waals surface area contributed by atoms with E-state index < -0.39 is 0 Å². The minimum absolute atomic E-state index is 0.235.